The summed E-state index contributed by atoms with van der Waals surface area (Å²) in [5, 5.41) is 14.6. The number of hydrogen-bond acceptors (Lipinski definition) is 9. The van der Waals surface area contributed by atoms with Gasteiger partial charge in [-0.25, -0.2) is 9.50 Å². The summed E-state index contributed by atoms with van der Waals surface area (Å²) < 4.78 is 1.82. The van der Waals surface area contributed by atoms with E-state index < -0.39 is 0 Å². The number of piperazine rings is 2. The molecule has 3 aliphatic heterocycles. The van der Waals surface area contributed by atoms with Gasteiger partial charge >= 0.3 is 0 Å². The number of benzene rings is 2. The van der Waals surface area contributed by atoms with Crippen LogP contribution in [0.5, 0.6) is 0 Å². The van der Waals surface area contributed by atoms with Gasteiger partial charge in [-0.1, -0.05) is 48.0 Å². The van der Waals surface area contributed by atoms with Crippen LogP contribution in [0.3, 0.4) is 0 Å². The molecule has 3 saturated heterocycles. The Kier molecular flexibility index (Phi) is 11.3. The monoisotopic (exact) mass is 784 g/mol. The number of nitrogens with zero attached hydrogens (tertiary/aromatic N) is 10. The molecule has 11 nitrogen and oxygen atoms in total. The first-order valence-corrected chi connectivity index (χ1v) is 21.1. The van der Waals surface area contributed by atoms with Gasteiger partial charge in [0.2, 0.25) is 5.91 Å². The van der Waals surface area contributed by atoms with E-state index in [0.717, 1.165) is 136 Å². The maximum absolute atomic E-state index is 13.3. The molecule has 0 spiro atoms. The Bertz CT molecular complexity index is 2380. The quantitative estimate of drug-likeness (QED) is 0.154. The topological polar surface area (TPSA) is 100 Å². The van der Waals surface area contributed by atoms with Gasteiger partial charge in [0.15, 0.2) is 0 Å². The molecule has 3 aliphatic rings. The summed E-state index contributed by atoms with van der Waals surface area (Å²) in [5.74, 6) is 1.80. The number of aromatic nitrogens is 4. The summed E-state index contributed by atoms with van der Waals surface area (Å²) in [5.41, 5.74) is 10.3. The van der Waals surface area contributed by atoms with Crippen LogP contribution in [0.25, 0.3) is 27.8 Å². The lowest BCUT2D eigenvalue weighted by Gasteiger charge is -2.38. The number of piperidine rings is 1. The van der Waals surface area contributed by atoms with Gasteiger partial charge in [0, 0.05) is 112 Å². The van der Waals surface area contributed by atoms with Crippen LogP contribution in [-0.4, -0.2) is 119 Å². The number of amides is 1. The van der Waals surface area contributed by atoms with Crippen molar-refractivity contribution in [3.8, 4) is 28.3 Å². The molecular formula is C48H52N10O. The van der Waals surface area contributed by atoms with E-state index in [2.05, 4.69) is 122 Å². The average Bonchev–Trinajstić information content (AvgIpc) is 3.73. The summed E-state index contributed by atoms with van der Waals surface area (Å²) in [6, 6.07) is 32.4. The predicted molar refractivity (Wildman–Crippen MR) is 234 cm³/mol. The zero-order valence-corrected chi connectivity index (χ0v) is 34.0. The van der Waals surface area contributed by atoms with Crippen LogP contribution in [0.15, 0.2) is 110 Å². The fourth-order valence-corrected chi connectivity index (χ4v) is 8.97. The molecule has 3 fully saturated rings. The molecule has 59 heavy (non-hydrogen) atoms. The molecule has 1 amide bonds. The molecule has 7 heterocycles. The number of likely N-dealkylation sites (tertiary alicyclic amines) is 1. The summed E-state index contributed by atoms with van der Waals surface area (Å²) in [4.78, 5) is 34.3. The third-order valence-corrected chi connectivity index (χ3v) is 12.6. The van der Waals surface area contributed by atoms with Crippen LogP contribution in [0, 0.1) is 18.3 Å². The fourth-order valence-electron chi connectivity index (χ4n) is 8.97. The number of anilines is 2. The molecule has 0 bridgehead atoms. The Morgan fingerprint density at radius 1 is 0.746 bits per heavy atom. The van der Waals surface area contributed by atoms with Gasteiger partial charge in [-0.15, -0.1) is 0 Å². The lowest BCUT2D eigenvalue weighted by molar-refractivity contribution is -0.133. The summed E-state index contributed by atoms with van der Waals surface area (Å²) in [7, 11) is 0. The Morgan fingerprint density at radius 3 is 2.19 bits per heavy atom. The van der Waals surface area contributed by atoms with Crippen molar-refractivity contribution in [2.75, 3.05) is 88.3 Å². The van der Waals surface area contributed by atoms with E-state index in [0.29, 0.717) is 18.0 Å². The Balaban J connectivity index is 0.810. The summed E-state index contributed by atoms with van der Waals surface area (Å²) in [6.07, 6.45) is 10.6. The summed E-state index contributed by atoms with van der Waals surface area (Å²) in [6.45, 7) is 12.5. The minimum absolute atomic E-state index is 0.245. The van der Waals surface area contributed by atoms with Gasteiger partial charge < -0.3 is 14.7 Å². The molecular weight excluding hydrogens is 733 g/mol. The van der Waals surface area contributed by atoms with Gasteiger partial charge in [-0.2, -0.15) is 10.4 Å². The molecule has 0 saturated carbocycles. The molecule has 9 rings (SSSR count). The van der Waals surface area contributed by atoms with E-state index in [1.54, 1.807) is 6.20 Å². The highest BCUT2D eigenvalue weighted by Gasteiger charge is 2.27. The normalized spacial score (nSPS) is 17.1. The van der Waals surface area contributed by atoms with Crippen molar-refractivity contribution in [1.82, 2.24) is 34.3 Å². The Labute approximate surface area is 347 Å². The summed E-state index contributed by atoms with van der Waals surface area (Å²) >= 11 is 0. The van der Waals surface area contributed by atoms with E-state index in [4.69, 9.17) is 4.98 Å². The van der Waals surface area contributed by atoms with Crippen molar-refractivity contribution in [2.24, 2.45) is 0 Å². The zero-order chi connectivity index (χ0) is 40.1. The fraction of sp³-hybridized carbons (Fsp3) is 0.354. The van der Waals surface area contributed by atoms with Crippen molar-refractivity contribution in [3.05, 3.63) is 132 Å². The SMILES string of the molecule is Cc1ccc(C2CCN(CC(=O)N3CCN(c4ccc(-c5cc(-c6ccc(N7CCN(CCc8ccccn8)CC7)nc6)c6c(C#N)cnn6c5)cc4)CC3)CC2)cc1. The molecule has 0 aliphatic carbocycles. The number of fused-ring (bicyclic) bond motifs is 1. The number of carbonyl (C=O) groups is 1. The van der Waals surface area contributed by atoms with Gasteiger partial charge in [-0.05, 0) is 92.4 Å². The van der Waals surface area contributed by atoms with Gasteiger partial charge in [0.1, 0.15) is 11.9 Å². The van der Waals surface area contributed by atoms with Crippen molar-refractivity contribution in [2.45, 2.75) is 32.1 Å². The van der Waals surface area contributed by atoms with Crippen LogP contribution in [0.2, 0.25) is 0 Å². The van der Waals surface area contributed by atoms with Gasteiger partial charge in [0.05, 0.1) is 23.8 Å². The van der Waals surface area contributed by atoms with Crippen molar-refractivity contribution in [3.63, 3.8) is 0 Å². The van der Waals surface area contributed by atoms with E-state index in [1.807, 2.05) is 34.1 Å². The minimum Gasteiger partial charge on any atom is -0.368 e. The Hall–Kier alpha value is -6.09. The number of carbonyl (C=O) groups excluding carboxylic acids is 1. The number of aryl methyl sites for hydroxylation is 1. The third-order valence-electron chi connectivity index (χ3n) is 12.6. The molecule has 0 atom stereocenters. The highest BCUT2D eigenvalue weighted by molar-refractivity contribution is 5.88. The first-order valence-electron chi connectivity index (χ1n) is 21.1. The van der Waals surface area contributed by atoms with Crippen LogP contribution in [0.4, 0.5) is 11.5 Å². The average molecular weight is 785 g/mol. The second-order valence-electron chi connectivity index (χ2n) is 16.3. The maximum atomic E-state index is 13.3. The Morgan fingerprint density at radius 2 is 1.49 bits per heavy atom. The number of hydrogen-bond donors (Lipinski definition) is 0. The van der Waals surface area contributed by atoms with E-state index in [1.165, 1.54) is 11.1 Å². The second kappa shape index (κ2) is 17.4. The maximum Gasteiger partial charge on any atom is 0.236 e. The molecule has 0 unspecified atom stereocenters. The lowest BCUT2D eigenvalue weighted by atomic mass is 9.89. The smallest absolute Gasteiger partial charge is 0.236 e. The van der Waals surface area contributed by atoms with Gasteiger partial charge in [0.25, 0.3) is 0 Å². The molecule has 2 aromatic carbocycles. The first kappa shape index (κ1) is 38.4. The zero-order valence-electron chi connectivity index (χ0n) is 34.0. The lowest BCUT2D eigenvalue weighted by Crippen LogP contribution is -2.51. The third kappa shape index (κ3) is 8.70. The molecule has 0 N–H and O–H groups in total. The van der Waals surface area contributed by atoms with E-state index in [-0.39, 0.29) is 5.91 Å². The minimum atomic E-state index is 0.245. The molecule has 300 valence electrons. The molecule has 11 heteroatoms. The molecule has 6 aromatic rings. The largest absolute Gasteiger partial charge is 0.368 e. The van der Waals surface area contributed by atoms with E-state index >= 15 is 0 Å². The first-order chi connectivity index (χ1) is 29.0. The van der Waals surface area contributed by atoms with Crippen molar-refractivity contribution in [1.29, 1.82) is 5.26 Å². The van der Waals surface area contributed by atoms with Crippen LogP contribution >= 0.6 is 0 Å². The standard InChI is InChI=1S/C48H52N10O/c1-36-5-7-37(8-6-36)39-15-19-54(20-16-39)35-47(59)57-28-26-55(27-29-57)44-12-9-38(10-13-44)41-30-45(48-42(31-49)33-52-58(48)34-41)40-11-14-46(51-32-40)56-24-22-53(23-25-56)21-17-43-4-2-3-18-50-43/h2-14,18,30,32-34,39H,15-17,19-29,35H2,1H3. The number of nitriles is 1. The van der Waals surface area contributed by atoms with Crippen LogP contribution in [0.1, 0.15) is 41.1 Å². The molecule has 4 aromatic heterocycles. The van der Waals surface area contributed by atoms with Gasteiger partial charge in [-0.3, -0.25) is 19.6 Å². The molecule has 0 radical (unpaired) electrons. The van der Waals surface area contributed by atoms with Crippen LogP contribution in [-0.2, 0) is 11.2 Å². The second-order valence-corrected chi connectivity index (χ2v) is 16.3. The van der Waals surface area contributed by atoms with Crippen molar-refractivity contribution >= 4 is 22.9 Å². The predicted octanol–water partition coefficient (Wildman–Crippen LogP) is 6.53. The van der Waals surface area contributed by atoms with Crippen molar-refractivity contribution < 1.29 is 4.79 Å². The van der Waals surface area contributed by atoms with Crippen LogP contribution < -0.4 is 9.80 Å². The number of rotatable bonds is 10. The highest BCUT2D eigenvalue weighted by atomic mass is 16.2. The number of pyridine rings is 3. The van der Waals surface area contributed by atoms with E-state index in [9.17, 15) is 10.1 Å². The highest BCUT2D eigenvalue weighted by Crippen LogP contribution is 2.34.